The molecule has 364 valence electrons. The number of nitrogens with zero attached hydrogens (tertiary/aromatic N) is 6. The summed E-state index contributed by atoms with van der Waals surface area (Å²) < 4.78 is 1.58. The van der Waals surface area contributed by atoms with E-state index in [1.807, 2.05) is 24.3 Å². The Morgan fingerprint density at radius 3 is 2.06 bits per heavy atom. The number of imidazole rings is 1. The van der Waals surface area contributed by atoms with E-state index in [9.17, 15) is 38.7 Å². The maximum Gasteiger partial charge on any atom is 0.246 e. The molecule has 2 saturated heterocycles. The molecule has 0 saturated carbocycles. The van der Waals surface area contributed by atoms with Crippen molar-refractivity contribution in [3.63, 3.8) is 0 Å². The van der Waals surface area contributed by atoms with Gasteiger partial charge in [0.05, 0.1) is 18.1 Å². The van der Waals surface area contributed by atoms with Crippen LogP contribution in [-0.2, 0) is 65.8 Å². The van der Waals surface area contributed by atoms with Crippen molar-refractivity contribution in [1.82, 2.24) is 61.0 Å². The lowest BCUT2D eigenvalue weighted by Crippen LogP contribution is -2.60. The Morgan fingerprint density at radius 2 is 1.38 bits per heavy atom. The van der Waals surface area contributed by atoms with Crippen LogP contribution in [0.1, 0.15) is 67.5 Å². The summed E-state index contributed by atoms with van der Waals surface area (Å²) >= 11 is 0. The normalized spacial score (nSPS) is 25.0. The van der Waals surface area contributed by atoms with Crippen molar-refractivity contribution in [2.45, 2.75) is 119 Å². The van der Waals surface area contributed by atoms with E-state index in [-0.39, 0.29) is 63.8 Å². The Labute approximate surface area is 396 Å². The number of para-hydroxylation sites is 1. The maximum atomic E-state index is 14.8. The molecule has 5 aromatic rings. The summed E-state index contributed by atoms with van der Waals surface area (Å²) in [6, 6.07) is 5.83. The highest BCUT2D eigenvalue weighted by Gasteiger charge is 2.43. The average Bonchev–Trinajstić information content (AvgIpc) is 4.21. The van der Waals surface area contributed by atoms with Crippen molar-refractivity contribution < 1.29 is 38.7 Å². The second-order valence-corrected chi connectivity index (χ2v) is 18.0. The van der Waals surface area contributed by atoms with Gasteiger partial charge in [-0.25, -0.2) is 4.98 Å². The second kappa shape index (κ2) is 21.6. The molecule has 2 aromatic carbocycles. The van der Waals surface area contributed by atoms with Gasteiger partial charge in [-0.1, -0.05) is 35.5 Å². The molecule has 8 rings (SSSR count). The number of phenolic OH excluding ortho intramolecular Hbond substituents is 1. The van der Waals surface area contributed by atoms with Gasteiger partial charge in [0, 0.05) is 80.5 Å². The first-order valence-electron chi connectivity index (χ1n) is 23.4. The lowest BCUT2D eigenvalue weighted by atomic mass is 10.0. The van der Waals surface area contributed by atoms with Crippen LogP contribution in [0.3, 0.4) is 0 Å². The van der Waals surface area contributed by atoms with Gasteiger partial charge in [0.15, 0.2) is 0 Å². The fourth-order valence-electron chi connectivity index (χ4n) is 9.47. The minimum Gasteiger partial charge on any atom is -0.508 e. The molecule has 3 aliphatic heterocycles. The average molecular weight is 947 g/mol. The van der Waals surface area contributed by atoms with Gasteiger partial charge in [0.2, 0.25) is 41.4 Å². The van der Waals surface area contributed by atoms with Crippen LogP contribution >= 0.6 is 0 Å². The zero-order valence-corrected chi connectivity index (χ0v) is 38.0. The predicted octanol–water partition coefficient (Wildman–Crippen LogP) is -0.624. The van der Waals surface area contributed by atoms with Gasteiger partial charge < -0.3 is 57.6 Å². The number of aromatic nitrogens is 6. The third kappa shape index (κ3) is 11.6. The van der Waals surface area contributed by atoms with E-state index in [1.165, 1.54) is 34.5 Å². The van der Waals surface area contributed by atoms with E-state index in [4.69, 9.17) is 11.5 Å². The van der Waals surface area contributed by atoms with Gasteiger partial charge in [-0.15, -0.1) is 5.10 Å². The molecule has 0 aliphatic carbocycles. The maximum absolute atomic E-state index is 14.8. The second-order valence-electron chi connectivity index (χ2n) is 18.0. The standard InChI is InChI=1S/C47H58N14O8/c48-33-21-30-25-59(58-57-30)16-4-3-9-35(41(49)63)53-43(65)36(19-27-12-14-31(62)15-13-27)54-44(66)39-10-5-18-61(39)47(69)38(22-29-24-50-26-52-29)56-45(67)40-11-6-17-60(40)46(68)37(55-42(33)64)20-28-23-51-34-8-2-1-7-32(28)34/h1-2,7-8,12-15,23-26,33,35-40,51,62H,3-6,9-11,16-22,48H2,(H2,49,63)(H,50,52)(H,53,65)(H,54,66)(H,55,64)(H,56,67)/t33-,35-,36-,37-,38-,39-,40-/m0/s1. The van der Waals surface area contributed by atoms with Gasteiger partial charge in [-0.3, -0.25) is 38.2 Å². The fourth-order valence-corrected chi connectivity index (χ4v) is 9.47. The zero-order valence-electron chi connectivity index (χ0n) is 38.0. The summed E-state index contributed by atoms with van der Waals surface area (Å²) in [5.41, 5.74) is 15.4. The number of aryl methyl sites for hydroxylation is 1. The molecule has 2 bridgehead atoms. The molecule has 69 heavy (non-hydrogen) atoms. The molecule has 7 atom stereocenters. The molecule has 22 heteroatoms. The Bertz CT molecular complexity index is 2650. The van der Waals surface area contributed by atoms with Gasteiger partial charge in [0.25, 0.3) is 0 Å². The topological polar surface area (TPSA) is 322 Å². The summed E-state index contributed by atoms with van der Waals surface area (Å²) in [6.45, 7) is 0.753. The van der Waals surface area contributed by atoms with Crippen molar-refractivity contribution in [1.29, 1.82) is 0 Å². The molecule has 3 aliphatic rings. The molecular formula is C47H58N14O8. The van der Waals surface area contributed by atoms with Crippen LogP contribution in [-0.4, -0.2) is 142 Å². The number of benzene rings is 2. The number of carbonyl (C=O) groups is 7. The highest BCUT2D eigenvalue weighted by Crippen LogP contribution is 2.25. The van der Waals surface area contributed by atoms with Gasteiger partial charge in [0.1, 0.15) is 42.0 Å². The number of hydrogen-bond donors (Lipinski definition) is 9. The van der Waals surface area contributed by atoms with E-state index < -0.39 is 83.6 Å². The minimum absolute atomic E-state index is 0.00359. The molecular weight excluding hydrogens is 889 g/mol. The van der Waals surface area contributed by atoms with Crippen LogP contribution in [0.25, 0.3) is 10.9 Å². The van der Waals surface area contributed by atoms with Gasteiger partial charge >= 0.3 is 0 Å². The van der Waals surface area contributed by atoms with Crippen molar-refractivity contribution in [2.24, 2.45) is 11.5 Å². The van der Waals surface area contributed by atoms with Crippen LogP contribution in [0.4, 0.5) is 0 Å². The molecule has 0 radical (unpaired) electrons. The molecule has 2 fully saturated rings. The van der Waals surface area contributed by atoms with Crippen molar-refractivity contribution in [2.75, 3.05) is 13.1 Å². The van der Waals surface area contributed by atoms with E-state index in [0.29, 0.717) is 49.2 Å². The number of nitrogens with one attached hydrogen (secondary N) is 6. The van der Waals surface area contributed by atoms with E-state index >= 15 is 0 Å². The predicted molar refractivity (Wildman–Crippen MR) is 248 cm³/mol. The van der Waals surface area contributed by atoms with Gasteiger partial charge in [-0.05, 0) is 74.3 Å². The van der Waals surface area contributed by atoms with Gasteiger partial charge in [-0.2, -0.15) is 0 Å². The summed E-state index contributed by atoms with van der Waals surface area (Å²) in [4.78, 5) is 112. The minimum atomic E-state index is -1.23. The summed E-state index contributed by atoms with van der Waals surface area (Å²) in [7, 11) is 0. The number of nitrogens with two attached hydrogens (primary N) is 2. The highest BCUT2D eigenvalue weighted by atomic mass is 16.3. The Hall–Kier alpha value is -7.62. The first-order valence-corrected chi connectivity index (χ1v) is 23.4. The molecule has 7 amide bonds. The van der Waals surface area contributed by atoms with Crippen molar-refractivity contribution in [3.05, 3.63) is 96.0 Å². The number of amides is 7. The molecule has 6 heterocycles. The fraction of sp³-hybridized carbons (Fsp3) is 0.447. The molecule has 3 aromatic heterocycles. The Balaban J connectivity index is 1.10. The third-order valence-electron chi connectivity index (χ3n) is 13.1. The van der Waals surface area contributed by atoms with Crippen LogP contribution in [0.15, 0.2) is 73.4 Å². The SMILES string of the molecule is NC(=O)[C@@H]1CCCCn2cc(nn2)C[C@H](N)C(=O)N[C@@H](Cc2c[nH]c3ccccc23)C(=O)N2CCC[C@H]2C(=O)N[C@@H](Cc2cnc[nH]2)C(=O)N2CCC[C@H]2C(=O)N[C@@H](Cc2ccc(O)cc2)C(=O)N1. The molecule has 0 spiro atoms. The Morgan fingerprint density at radius 1 is 0.710 bits per heavy atom. The van der Waals surface area contributed by atoms with Crippen LogP contribution < -0.4 is 32.7 Å². The third-order valence-corrected chi connectivity index (χ3v) is 13.1. The first kappa shape index (κ1) is 47.9. The number of phenols is 1. The lowest BCUT2D eigenvalue weighted by molar-refractivity contribution is -0.144. The smallest absolute Gasteiger partial charge is 0.246 e. The summed E-state index contributed by atoms with van der Waals surface area (Å²) in [5, 5.41) is 30.5. The number of primary amides is 1. The number of H-pyrrole nitrogens is 2. The lowest BCUT2D eigenvalue weighted by Gasteiger charge is -2.32. The van der Waals surface area contributed by atoms with E-state index in [2.05, 4.69) is 46.5 Å². The van der Waals surface area contributed by atoms with E-state index in [0.717, 1.165) is 16.5 Å². The molecule has 22 nitrogen and oxygen atoms in total. The molecule has 0 unspecified atom stereocenters. The number of rotatable bonds is 7. The highest BCUT2D eigenvalue weighted by molar-refractivity contribution is 5.98. The number of hydrogen-bond acceptors (Lipinski definition) is 12. The van der Waals surface area contributed by atoms with Crippen LogP contribution in [0.5, 0.6) is 5.75 Å². The first-order chi connectivity index (χ1) is 33.3. The number of aromatic amines is 2. The quantitative estimate of drug-likeness (QED) is 0.0986. The Kier molecular flexibility index (Phi) is 15.0. The zero-order chi connectivity index (χ0) is 48.6. The number of carbonyl (C=O) groups excluding carboxylic acids is 7. The summed E-state index contributed by atoms with van der Waals surface area (Å²) in [5.74, 6) is -4.34. The van der Waals surface area contributed by atoms with Crippen molar-refractivity contribution >= 4 is 52.3 Å². The molecule has 11 N–H and O–H groups in total. The monoisotopic (exact) mass is 946 g/mol. The number of aromatic hydroxyl groups is 1. The van der Waals surface area contributed by atoms with E-state index in [1.54, 1.807) is 29.2 Å². The number of fused-ring (bicyclic) bond motifs is 5. The summed E-state index contributed by atoms with van der Waals surface area (Å²) in [6.07, 6.45) is 8.97. The largest absolute Gasteiger partial charge is 0.508 e. The van der Waals surface area contributed by atoms with Crippen molar-refractivity contribution in [3.8, 4) is 5.75 Å². The van der Waals surface area contributed by atoms with Crippen LogP contribution in [0, 0.1) is 0 Å². The van der Waals surface area contributed by atoms with Crippen LogP contribution in [0.2, 0.25) is 0 Å².